The molecule has 1 aliphatic heterocycles. The van der Waals surface area contributed by atoms with Crippen LogP contribution < -0.4 is 4.74 Å². The Morgan fingerprint density at radius 3 is 2.81 bits per heavy atom. The summed E-state index contributed by atoms with van der Waals surface area (Å²) in [5, 5.41) is 1.16. The van der Waals surface area contributed by atoms with Crippen LogP contribution >= 0.6 is 0 Å². The molecule has 0 spiro atoms. The number of ether oxygens (including phenoxy) is 1. The molecule has 0 saturated carbocycles. The normalized spacial score (nSPS) is 15.3. The molecule has 1 aromatic carbocycles. The highest BCUT2D eigenvalue weighted by Gasteiger charge is 2.24. The summed E-state index contributed by atoms with van der Waals surface area (Å²) in [6.45, 7) is 1.44. The van der Waals surface area contributed by atoms with Crippen LogP contribution in [-0.4, -0.2) is 44.5 Å². The largest absolute Gasteiger partial charge is 0.474 e. The van der Waals surface area contributed by atoms with Gasteiger partial charge in [-0.2, -0.15) is 0 Å². The number of likely N-dealkylation sites (tertiary alicyclic amines) is 1. The van der Waals surface area contributed by atoms with Crippen molar-refractivity contribution in [3.8, 4) is 5.88 Å². The van der Waals surface area contributed by atoms with Crippen LogP contribution in [0.5, 0.6) is 5.88 Å². The van der Waals surface area contributed by atoms with Gasteiger partial charge in [-0.1, -0.05) is 18.2 Å². The molecule has 1 amide bonds. The molecule has 1 aliphatic rings. The van der Waals surface area contributed by atoms with Crippen molar-refractivity contribution in [1.82, 2.24) is 19.4 Å². The number of benzene rings is 1. The lowest BCUT2D eigenvalue weighted by atomic mass is 10.1. The van der Waals surface area contributed by atoms with E-state index in [4.69, 9.17) is 4.74 Å². The van der Waals surface area contributed by atoms with Crippen LogP contribution in [0.15, 0.2) is 49.1 Å². The summed E-state index contributed by atoms with van der Waals surface area (Å²) in [5.74, 6) is 0.780. The molecule has 0 aliphatic carbocycles. The van der Waals surface area contributed by atoms with Gasteiger partial charge in [0.15, 0.2) is 0 Å². The fourth-order valence-electron chi connectivity index (χ4n) is 3.58. The maximum atomic E-state index is 12.7. The number of nitrogens with zero attached hydrogens (tertiary/aromatic N) is 4. The molecule has 3 heterocycles. The van der Waals surface area contributed by atoms with Gasteiger partial charge in [0.05, 0.1) is 6.42 Å². The minimum atomic E-state index is 0.103. The van der Waals surface area contributed by atoms with E-state index in [1.807, 2.05) is 24.1 Å². The maximum absolute atomic E-state index is 12.7. The van der Waals surface area contributed by atoms with Crippen LogP contribution in [0.4, 0.5) is 0 Å². The lowest BCUT2D eigenvalue weighted by Crippen LogP contribution is -2.42. The topological polar surface area (TPSA) is 60.2 Å². The molecule has 4 rings (SSSR count). The summed E-state index contributed by atoms with van der Waals surface area (Å²) < 4.78 is 7.95. The molecule has 0 unspecified atom stereocenters. The third-order valence-corrected chi connectivity index (χ3v) is 4.96. The quantitative estimate of drug-likeness (QED) is 0.726. The molecule has 3 aromatic rings. The van der Waals surface area contributed by atoms with Gasteiger partial charge in [0.2, 0.25) is 11.8 Å². The minimum absolute atomic E-state index is 0.103. The Hall–Kier alpha value is -2.89. The highest BCUT2D eigenvalue weighted by molar-refractivity contribution is 5.89. The Labute approximate surface area is 152 Å². The number of aryl methyl sites for hydroxylation is 1. The zero-order chi connectivity index (χ0) is 17.9. The van der Waals surface area contributed by atoms with E-state index in [-0.39, 0.29) is 12.0 Å². The second-order valence-corrected chi connectivity index (χ2v) is 6.70. The van der Waals surface area contributed by atoms with Crippen molar-refractivity contribution in [2.45, 2.75) is 25.4 Å². The number of rotatable bonds is 4. The Kier molecular flexibility index (Phi) is 4.56. The van der Waals surface area contributed by atoms with E-state index >= 15 is 0 Å². The third-order valence-electron chi connectivity index (χ3n) is 4.96. The van der Waals surface area contributed by atoms with E-state index in [1.165, 1.54) is 6.33 Å². The summed E-state index contributed by atoms with van der Waals surface area (Å²) in [6, 6.07) is 9.97. The Morgan fingerprint density at radius 1 is 1.23 bits per heavy atom. The first-order valence-electron chi connectivity index (χ1n) is 8.94. The summed E-state index contributed by atoms with van der Waals surface area (Å²) in [6.07, 6.45) is 7.41. The fourth-order valence-corrected chi connectivity index (χ4v) is 3.58. The van der Waals surface area contributed by atoms with E-state index in [1.54, 1.807) is 12.3 Å². The molecule has 26 heavy (non-hydrogen) atoms. The van der Waals surface area contributed by atoms with Crippen molar-refractivity contribution in [2.75, 3.05) is 13.1 Å². The van der Waals surface area contributed by atoms with E-state index in [0.717, 1.165) is 42.4 Å². The summed E-state index contributed by atoms with van der Waals surface area (Å²) in [7, 11) is 2.02. The number of para-hydroxylation sites is 1. The van der Waals surface area contributed by atoms with Crippen molar-refractivity contribution in [3.05, 3.63) is 54.6 Å². The van der Waals surface area contributed by atoms with Gasteiger partial charge >= 0.3 is 0 Å². The van der Waals surface area contributed by atoms with Gasteiger partial charge in [0.25, 0.3) is 0 Å². The first-order valence-corrected chi connectivity index (χ1v) is 8.94. The second kappa shape index (κ2) is 7.15. The van der Waals surface area contributed by atoms with Crippen molar-refractivity contribution in [3.63, 3.8) is 0 Å². The van der Waals surface area contributed by atoms with Gasteiger partial charge in [-0.3, -0.25) is 4.79 Å². The molecule has 0 atom stereocenters. The monoisotopic (exact) mass is 350 g/mol. The average molecular weight is 350 g/mol. The Balaban J connectivity index is 1.36. The molecule has 1 fully saturated rings. The standard InChI is InChI=1S/C20H22N4O2/c1-23-13-15(17-4-2-3-5-18(17)23)12-20(25)24-10-7-16(8-11-24)26-19-6-9-21-14-22-19/h2-6,9,13-14,16H,7-8,10-12H2,1H3. The van der Waals surface area contributed by atoms with Crippen LogP contribution in [0.3, 0.4) is 0 Å². The zero-order valence-corrected chi connectivity index (χ0v) is 14.8. The predicted molar refractivity (Wildman–Crippen MR) is 98.9 cm³/mol. The molecule has 0 N–H and O–H groups in total. The van der Waals surface area contributed by atoms with Gasteiger partial charge < -0.3 is 14.2 Å². The van der Waals surface area contributed by atoms with Crippen LogP contribution in [0, 0.1) is 0 Å². The fraction of sp³-hybridized carbons (Fsp3) is 0.350. The van der Waals surface area contributed by atoms with Gasteiger partial charge in [0.1, 0.15) is 12.4 Å². The number of carbonyl (C=O) groups excluding carboxylic acids is 1. The van der Waals surface area contributed by atoms with Gasteiger partial charge in [-0.25, -0.2) is 9.97 Å². The SMILES string of the molecule is Cn1cc(CC(=O)N2CCC(Oc3ccncn3)CC2)c2ccccc21. The van der Waals surface area contributed by atoms with Crippen molar-refractivity contribution in [1.29, 1.82) is 0 Å². The van der Waals surface area contributed by atoms with Crippen LogP contribution in [0.1, 0.15) is 18.4 Å². The molecule has 2 aromatic heterocycles. The highest BCUT2D eigenvalue weighted by atomic mass is 16.5. The Morgan fingerprint density at radius 2 is 2.04 bits per heavy atom. The van der Waals surface area contributed by atoms with E-state index in [2.05, 4.69) is 32.9 Å². The van der Waals surface area contributed by atoms with Crippen molar-refractivity contribution in [2.24, 2.45) is 7.05 Å². The highest BCUT2D eigenvalue weighted by Crippen LogP contribution is 2.22. The van der Waals surface area contributed by atoms with E-state index < -0.39 is 0 Å². The lowest BCUT2D eigenvalue weighted by Gasteiger charge is -2.32. The molecule has 0 bridgehead atoms. The second-order valence-electron chi connectivity index (χ2n) is 6.70. The van der Waals surface area contributed by atoms with Crippen molar-refractivity contribution < 1.29 is 9.53 Å². The van der Waals surface area contributed by atoms with Crippen LogP contribution in [0.2, 0.25) is 0 Å². The van der Waals surface area contributed by atoms with Gasteiger partial charge in [0, 0.05) is 62.3 Å². The molecular formula is C20H22N4O2. The van der Waals surface area contributed by atoms with E-state index in [0.29, 0.717) is 12.3 Å². The Bertz CT molecular complexity index is 899. The number of amides is 1. The first-order chi connectivity index (χ1) is 12.7. The molecule has 1 saturated heterocycles. The third kappa shape index (κ3) is 3.40. The van der Waals surface area contributed by atoms with Crippen LogP contribution in [0.25, 0.3) is 10.9 Å². The number of carbonyl (C=O) groups is 1. The van der Waals surface area contributed by atoms with Gasteiger partial charge in [-0.15, -0.1) is 0 Å². The van der Waals surface area contributed by atoms with Crippen molar-refractivity contribution >= 4 is 16.8 Å². The number of hydrogen-bond donors (Lipinski definition) is 0. The summed E-state index contributed by atoms with van der Waals surface area (Å²) in [4.78, 5) is 22.7. The first kappa shape index (κ1) is 16.6. The van der Waals surface area contributed by atoms with E-state index in [9.17, 15) is 4.79 Å². The average Bonchev–Trinajstić information content (AvgIpc) is 2.99. The van der Waals surface area contributed by atoms with Gasteiger partial charge in [-0.05, 0) is 11.6 Å². The smallest absolute Gasteiger partial charge is 0.227 e. The molecular weight excluding hydrogens is 328 g/mol. The zero-order valence-electron chi connectivity index (χ0n) is 14.8. The molecule has 134 valence electrons. The lowest BCUT2D eigenvalue weighted by molar-refractivity contribution is -0.132. The number of fused-ring (bicyclic) bond motifs is 1. The molecule has 6 nitrogen and oxygen atoms in total. The summed E-state index contributed by atoms with van der Waals surface area (Å²) >= 11 is 0. The number of piperidine rings is 1. The number of hydrogen-bond acceptors (Lipinski definition) is 4. The summed E-state index contributed by atoms with van der Waals surface area (Å²) in [5.41, 5.74) is 2.25. The maximum Gasteiger partial charge on any atom is 0.227 e. The predicted octanol–water partition coefficient (Wildman–Crippen LogP) is 2.58. The minimum Gasteiger partial charge on any atom is -0.474 e. The molecule has 0 radical (unpaired) electrons. The molecule has 6 heteroatoms. The number of aromatic nitrogens is 3. The van der Waals surface area contributed by atoms with Crippen LogP contribution in [-0.2, 0) is 18.3 Å².